The Morgan fingerprint density at radius 1 is 1.10 bits per heavy atom. The van der Waals surface area contributed by atoms with Crippen LogP contribution in [0.4, 0.5) is 11.4 Å². The molecule has 1 aliphatic rings. The van der Waals surface area contributed by atoms with Gasteiger partial charge in [-0.15, -0.1) is 0 Å². The van der Waals surface area contributed by atoms with Crippen LogP contribution in [0.1, 0.15) is 24.8 Å². The number of carbonyl (C=O) groups is 1. The first-order valence-electron chi connectivity index (χ1n) is 6.97. The molecule has 108 valence electrons. The Balaban J connectivity index is 1.80. The van der Waals surface area contributed by atoms with Crippen molar-refractivity contribution in [2.24, 2.45) is 0 Å². The van der Waals surface area contributed by atoms with E-state index in [1.807, 2.05) is 48.5 Å². The number of hydrogen-bond acceptors (Lipinski definition) is 2. The SMILES string of the molecule is O=C(O)C1(c2ccc(Nc3cccc(Cl)c3)cc2)CCC1. The highest BCUT2D eigenvalue weighted by atomic mass is 35.5. The van der Waals surface area contributed by atoms with Gasteiger partial charge in [-0.2, -0.15) is 0 Å². The molecule has 0 atom stereocenters. The minimum atomic E-state index is -0.718. The van der Waals surface area contributed by atoms with Crippen LogP contribution in [0.15, 0.2) is 48.5 Å². The van der Waals surface area contributed by atoms with E-state index in [9.17, 15) is 9.90 Å². The Morgan fingerprint density at radius 3 is 2.33 bits per heavy atom. The molecular formula is C17H16ClNO2. The van der Waals surface area contributed by atoms with Gasteiger partial charge < -0.3 is 10.4 Å². The lowest BCUT2D eigenvalue weighted by molar-refractivity contribution is -0.147. The lowest BCUT2D eigenvalue weighted by atomic mass is 9.64. The number of carboxylic acid groups (broad SMARTS) is 1. The van der Waals surface area contributed by atoms with Gasteiger partial charge in [0.25, 0.3) is 0 Å². The molecule has 0 saturated heterocycles. The summed E-state index contributed by atoms with van der Waals surface area (Å²) in [5.74, 6) is -0.718. The van der Waals surface area contributed by atoms with Crippen LogP contribution in [0, 0.1) is 0 Å². The van der Waals surface area contributed by atoms with Crippen LogP contribution in [0.3, 0.4) is 0 Å². The molecule has 0 bridgehead atoms. The lowest BCUT2D eigenvalue weighted by Crippen LogP contribution is -2.42. The number of anilines is 2. The number of carboxylic acids is 1. The van der Waals surface area contributed by atoms with Gasteiger partial charge in [-0.3, -0.25) is 4.79 Å². The molecular weight excluding hydrogens is 286 g/mol. The summed E-state index contributed by atoms with van der Waals surface area (Å²) in [5.41, 5.74) is 2.04. The zero-order chi connectivity index (χ0) is 14.9. The zero-order valence-corrected chi connectivity index (χ0v) is 12.2. The monoisotopic (exact) mass is 301 g/mol. The van der Waals surface area contributed by atoms with Crippen molar-refractivity contribution in [2.75, 3.05) is 5.32 Å². The molecule has 2 N–H and O–H groups in total. The average Bonchev–Trinajstić information content (AvgIpc) is 2.39. The van der Waals surface area contributed by atoms with E-state index in [1.54, 1.807) is 0 Å². The Kier molecular flexibility index (Phi) is 3.60. The van der Waals surface area contributed by atoms with Crippen molar-refractivity contribution in [2.45, 2.75) is 24.7 Å². The molecule has 2 aromatic carbocycles. The van der Waals surface area contributed by atoms with E-state index in [2.05, 4.69) is 5.32 Å². The van der Waals surface area contributed by atoms with Gasteiger partial charge in [-0.1, -0.05) is 36.2 Å². The highest BCUT2D eigenvalue weighted by Crippen LogP contribution is 2.44. The molecule has 0 radical (unpaired) electrons. The third-order valence-corrected chi connectivity index (χ3v) is 4.40. The van der Waals surface area contributed by atoms with Crippen molar-refractivity contribution in [1.82, 2.24) is 0 Å². The van der Waals surface area contributed by atoms with Crippen molar-refractivity contribution < 1.29 is 9.90 Å². The predicted octanol–water partition coefficient (Wildman–Crippen LogP) is 4.59. The number of hydrogen-bond donors (Lipinski definition) is 2. The van der Waals surface area contributed by atoms with Crippen molar-refractivity contribution in [1.29, 1.82) is 0 Å². The maximum Gasteiger partial charge on any atom is 0.314 e. The number of rotatable bonds is 4. The molecule has 0 unspecified atom stereocenters. The first-order chi connectivity index (χ1) is 10.1. The number of benzene rings is 2. The molecule has 1 saturated carbocycles. The summed E-state index contributed by atoms with van der Waals surface area (Å²) >= 11 is 5.95. The molecule has 2 aromatic rings. The standard InChI is InChI=1S/C17H16ClNO2/c18-13-3-1-4-15(11-13)19-14-7-5-12(6-8-14)17(16(20)21)9-2-10-17/h1,3-8,11,19H,2,9-10H2,(H,20,21). The van der Waals surface area contributed by atoms with Crippen LogP contribution in [0.5, 0.6) is 0 Å². The van der Waals surface area contributed by atoms with Crippen LogP contribution in [-0.4, -0.2) is 11.1 Å². The van der Waals surface area contributed by atoms with Crippen LogP contribution in [0.25, 0.3) is 0 Å². The molecule has 0 amide bonds. The van der Waals surface area contributed by atoms with E-state index in [-0.39, 0.29) is 0 Å². The Hall–Kier alpha value is -2.00. The molecule has 21 heavy (non-hydrogen) atoms. The third-order valence-electron chi connectivity index (χ3n) is 4.17. The molecule has 3 nitrogen and oxygen atoms in total. The van der Waals surface area contributed by atoms with Gasteiger partial charge in [0.2, 0.25) is 0 Å². The van der Waals surface area contributed by atoms with Crippen LogP contribution in [-0.2, 0) is 10.2 Å². The van der Waals surface area contributed by atoms with Crippen molar-refractivity contribution in [3.05, 3.63) is 59.1 Å². The van der Waals surface area contributed by atoms with Crippen molar-refractivity contribution in [3.8, 4) is 0 Å². The van der Waals surface area contributed by atoms with Gasteiger partial charge in [0.1, 0.15) is 0 Å². The van der Waals surface area contributed by atoms with E-state index >= 15 is 0 Å². The summed E-state index contributed by atoms with van der Waals surface area (Å²) in [6, 6.07) is 15.1. The average molecular weight is 302 g/mol. The summed E-state index contributed by atoms with van der Waals surface area (Å²) in [7, 11) is 0. The summed E-state index contributed by atoms with van der Waals surface area (Å²) in [6.07, 6.45) is 2.43. The van der Waals surface area contributed by atoms with E-state index in [4.69, 9.17) is 11.6 Å². The lowest BCUT2D eigenvalue weighted by Gasteiger charge is -2.38. The van der Waals surface area contributed by atoms with Crippen LogP contribution >= 0.6 is 11.6 Å². The van der Waals surface area contributed by atoms with Crippen molar-refractivity contribution >= 4 is 28.9 Å². The largest absolute Gasteiger partial charge is 0.481 e. The van der Waals surface area contributed by atoms with Gasteiger partial charge in [-0.25, -0.2) is 0 Å². The molecule has 0 aliphatic heterocycles. The Bertz CT molecular complexity index is 663. The molecule has 1 fully saturated rings. The van der Waals surface area contributed by atoms with E-state index in [0.717, 1.165) is 36.2 Å². The van der Waals surface area contributed by atoms with E-state index < -0.39 is 11.4 Å². The second kappa shape index (κ2) is 5.41. The zero-order valence-electron chi connectivity index (χ0n) is 11.5. The highest BCUT2D eigenvalue weighted by Gasteiger charge is 2.45. The molecule has 4 heteroatoms. The van der Waals surface area contributed by atoms with Gasteiger partial charge in [0.15, 0.2) is 0 Å². The van der Waals surface area contributed by atoms with Gasteiger partial charge in [0, 0.05) is 16.4 Å². The summed E-state index contributed by atoms with van der Waals surface area (Å²) in [5, 5.41) is 13.4. The second-order valence-electron chi connectivity index (χ2n) is 5.45. The van der Waals surface area contributed by atoms with Crippen molar-refractivity contribution in [3.63, 3.8) is 0 Å². The quantitative estimate of drug-likeness (QED) is 0.868. The molecule has 0 heterocycles. The maximum absolute atomic E-state index is 11.5. The molecule has 1 aliphatic carbocycles. The minimum Gasteiger partial charge on any atom is -0.481 e. The normalized spacial score (nSPS) is 16.0. The number of nitrogens with one attached hydrogen (secondary N) is 1. The van der Waals surface area contributed by atoms with E-state index in [1.165, 1.54) is 0 Å². The predicted molar refractivity (Wildman–Crippen MR) is 84.3 cm³/mol. The minimum absolute atomic E-state index is 0.672. The summed E-state index contributed by atoms with van der Waals surface area (Å²) in [6.45, 7) is 0. The topological polar surface area (TPSA) is 49.3 Å². The van der Waals surface area contributed by atoms with Crippen LogP contribution in [0.2, 0.25) is 5.02 Å². The van der Waals surface area contributed by atoms with Crippen LogP contribution < -0.4 is 5.32 Å². The fourth-order valence-electron chi connectivity index (χ4n) is 2.76. The molecule has 0 spiro atoms. The van der Waals surface area contributed by atoms with E-state index in [0.29, 0.717) is 5.02 Å². The fourth-order valence-corrected chi connectivity index (χ4v) is 2.95. The number of aliphatic carboxylic acids is 1. The maximum atomic E-state index is 11.5. The molecule has 0 aromatic heterocycles. The van der Waals surface area contributed by atoms with Gasteiger partial charge in [-0.05, 0) is 48.7 Å². The summed E-state index contributed by atoms with van der Waals surface area (Å²) in [4.78, 5) is 11.5. The highest BCUT2D eigenvalue weighted by molar-refractivity contribution is 6.30. The summed E-state index contributed by atoms with van der Waals surface area (Å²) < 4.78 is 0. The smallest absolute Gasteiger partial charge is 0.314 e. The first-order valence-corrected chi connectivity index (χ1v) is 7.34. The third kappa shape index (κ3) is 2.61. The van der Waals surface area contributed by atoms with Gasteiger partial charge >= 0.3 is 5.97 Å². The fraction of sp³-hybridized carbons (Fsp3) is 0.235. The second-order valence-corrected chi connectivity index (χ2v) is 5.89. The first kappa shape index (κ1) is 14.0. The van der Waals surface area contributed by atoms with Gasteiger partial charge in [0.05, 0.1) is 5.41 Å². The Morgan fingerprint density at radius 2 is 1.81 bits per heavy atom. The number of halogens is 1. The Labute approximate surface area is 128 Å². The molecule has 3 rings (SSSR count).